The predicted octanol–water partition coefficient (Wildman–Crippen LogP) is 2.66. The van der Waals surface area contributed by atoms with Gasteiger partial charge in [-0.1, -0.05) is 29.3 Å². The molecule has 4 amide bonds. The van der Waals surface area contributed by atoms with Gasteiger partial charge in [0.05, 0.1) is 22.0 Å². The lowest BCUT2D eigenvalue weighted by molar-refractivity contribution is -0.143. The van der Waals surface area contributed by atoms with Crippen LogP contribution in [0.4, 0.5) is 4.79 Å². The Morgan fingerprint density at radius 3 is 2.29 bits per heavy atom. The van der Waals surface area contributed by atoms with Crippen LogP contribution in [0.5, 0.6) is 0 Å². The Labute approximate surface area is 214 Å². The van der Waals surface area contributed by atoms with Gasteiger partial charge in [0.2, 0.25) is 17.7 Å². The van der Waals surface area contributed by atoms with Gasteiger partial charge in [-0.25, -0.2) is 4.79 Å². The van der Waals surface area contributed by atoms with E-state index in [-0.39, 0.29) is 35.5 Å². The number of carbonyl (C=O) groups is 4. The van der Waals surface area contributed by atoms with Crippen molar-refractivity contribution < 1.29 is 24.3 Å². The van der Waals surface area contributed by atoms with Gasteiger partial charge in [0.1, 0.15) is 0 Å². The fourth-order valence-corrected chi connectivity index (χ4v) is 5.68. The molecular weight excluding hydrogens is 495 g/mol. The number of hydrogen-bond donors (Lipinski definition) is 2. The van der Waals surface area contributed by atoms with E-state index in [9.17, 15) is 24.3 Å². The van der Waals surface area contributed by atoms with Crippen molar-refractivity contribution in [3.63, 3.8) is 0 Å². The van der Waals surface area contributed by atoms with E-state index in [0.717, 1.165) is 5.56 Å². The van der Waals surface area contributed by atoms with E-state index in [1.54, 1.807) is 21.9 Å². The molecule has 3 heterocycles. The Kier molecular flexibility index (Phi) is 7.76. The SMILES string of the molecule is CN(C(=O)O)[C@@H]1CN(C(=O)C2CCN(C(=O)C3CCC(=O)NC3)CC2)C[C@H]1c1ccc(Cl)c(Cl)c1. The Morgan fingerprint density at radius 2 is 1.69 bits per heavy atom. The molecule has 4 rings (SSSR count). The summed E-state index contributed by atoms with van der Waals surface area (Å²) in [4.78, 5) is 54.1. The number of carbonyl (C=O) groups excluding carboxylic acids is 3. The summed E-state index contributed by atoms with van der Waals surface area (Å²) in [5.41, 5.74) is 0.841. The molecular formula is C24H30Cl2N4O5. The lowest BCUT2D eigenvalue weighted by Gasteiger charge is -2.36. The van der Waals surface area contributed by atoms with Gasteiger partial charge in [-0.2, -0.15) is 0 Å². The van der Waals surface area contributed by atoms with E-state index in [1.165, 1.54) is 11.9 Å². The van der Waals surface area contributed by atoms with Crippen molar-refractivity contribution in [3.8, 4) is 0 Å². The summed E-state index contributed by atoms with van der Waals surface area (Å²) in [6.45, 7) is 2.07. The summed E-state index contributed by atoms with van der Waals surface area (Å²) in [7, 11) is 1.52. The molecule has 0 aromatic heterocycles. The maximum atomic E-state index is 13.4. The zero-order chi connectivity index (χ0) is 25.3. The summed E-state index contributed by atoms with van der Waals surface area (Å²) < 4.78 is 0. The van der Waals surface area contributed by atoms with Crippen LogP contribution in [0.15, 0.2) is 18.2 Å². The van der Waals surface area contributed by atoms with Crippen molar-refractivity contribution in [1.82, 2.24) is 20.0 Å². The number of halogens is 2. The molecule has 1 aromatic carbocycles. The van der Waals surface area contributed by atoms with Gasteiger partial charge in [-0.05, 0) is 37.0 Å². The molecule has 0 aliphatic carbocycles. The van der Waals surface area contributed by atoms with Crippen LogP contribution >= 0.6 is 23.2 Å². The van der Waals surface area contributed by atoms with Crippen LogP contribution < -0.4 is 5.32 Å². The van der Waals surface area contributed by atoms with Gasteiger partial charge in [0.25, 0.3) is 0 Å². The minimum Gasteiger partial charge on any atom is -0.465 e. The monoisotopic (exact) mass is 524 g/mol. The molecule has 35 heavy (non-hydrogen) atoms. The first-order chi connectivity index (χ1) is 16.7. The van der Waals surface area contributed by atoms with Crippen molar-refractivity contribution in [2.45, 2.75) is 37.6 Å². The molecule has 1 aromatic rings. The highest BCUT2D eigenvalue weighted by Gasteiger charge is 2.42. The number of hydrogen-bond acceptors (Lipinski definition) is 4. The molecule has 11 heteroatoms. The maximum absolute atomic E-state index is 13.4. The molecule has 3 saturated heterocycles. The largest absolute Gasteiger partial charge is 0.465 e. The third kappa shape index (κ3) is 5.51. The molecule has 190 valence electrons. The standard InChI is InChI=1S/C24H30Cl2N4O5/c1-28(24(34)35)20-13-30(12-17(20)15-2-4-18(25)19(26)10-15)22(32)14-6-8-29(9-7-14)23(33)16-3-5-21(31)27-11-16/h2,4,10,14,16-17,20H,3,5-9,11-13H2,1H3,(H,27,31)(H,34,35)/t16?,17-,20+/m0/s1. The Morgan fingerprint density at radius 1 is 1.00 bits per heavy atom. The quantitative estimate of drug-likeness (QED) is 0.628. The fourth-order valence-electron chi connectivity index (χ4n) is 5.38. The summed E-state index contributed by atoms with van der Waals surface area (Å²) in [6.07, 6.45) is 1.01. The van der Waals surface area contributed by atoms with Gasteiger partial charge in [0.15, 0.2) is 0 Å². The number of likely N-dealkylation sites (tertiary alicyclic amines) is 2. The summed E-state index contributed by atoms with van der Waals surface area (Å²) in [6, 6.07) is 4.85. The zero-order valence-electron chi connectivity index (χ0n) is 19.6. The second kappa shape index (κ2) is 10.6. The number of benzene rings is 1. The third-order valence-corrected chi connectivity index (χ3v) is 8.28. The van der Waals surface area contributed by atoms with Gasteiger partial charge in [-0.3, -0.25) is 14.4 Å². The van der Waals surface area contributed by atoms with Crippen molar-refractivity contribution in [3.05, 3.63) is 33.8 Å². The van der Waals surface area contributed by atoms with Crippen molar-refractivity contribution in [2.75, 3.05) is 39.8 Å². The summed E-state index contributed by atoms with van der Waals surface area (Å²) >= 11 is 12.3. The first-order valence-corrected chi connectivity index (χ1v) is 12.7. The maximum Gasteiger partial charge on any atom is 0.407 e. The molecule has 0 bridgehead atoms. The molecule has 3 fully saturated rings. The van der Waals surface area contributed by atoms with Crippen molar-refractivity contribution in [2.24, 2.45) is 11.8 Å². The fraction of sp³-hybridized carbons (Fsp3) is 0.583. The molecule has 3 aliphatic rings. The lowest BCUT2D eigenvalue weighted by Crippen LogP contribution is -2.49. The van der Waals surface area contributed by atoms with Crippen LogP contribution in [-0.4, -0.2) is 89.4 Å². The highest BCUT2D eigenvalue weighted by molar-refractivity contribution is 6.42. The highest BCUT2D eigenvalue weighted by Crippen LogP contribution is 2.35. The number of nitrogens with zero attached hydrogens (tertiary/aromatic N) is 3. The number of rotatable bonds is 4. The second-order valence-corrected chi connectivity index (χ2v) is 10.4. The van der Waals surface area contributed by atoms with E-state index in [0.29, 0.717) is 68.5 Å². The van der Waals surface area contributed by atoms with E-state index < -0.39 is 12.1 Å². The van der Waals surface area contributed by atoms with E-state index in [4.69, 9.17) is 23.2 Å². The van der Waals surface area contributed by atoms with Crippen LogP contribution in [0.25, 0.3) is 0 Å². The average molecular weight is 525 g/mol. The highest BCUT2D eigenvalue weighted by atomic mass is 35.5. The molecule has 0 radical (unpaired) electrons. The van der Waals surface area contributed by atoms with E-state index in [2.05, 4.69) is 5.32 Å². The van der Waals surface area contributed by atoms with Gasteiger partial charge >= 0.3 is 6.09 Å². The van der Waals surface area contributed by atoms with E-state index in [1.807, 2.05) is 6.07 Å². The molecule has 0 saturated carbocycles. The van der Waals surface area contributed by atoms with Crippen LogP contribution in [-0.2, 0) is 14.4 Å². The second-order valence-electron chi connectivity index (χ2n) is 9.62. The van der Waals surface area contributed by atoms with Gasteiger partial charge in [-0.15, -0.1) is 0 Å². The number of likely N-dealkylation sites (N-methyl/N-ethyl adjacent to an activating group) is 1. The van der Waals surface area contributed by atoms with Crippen molar-refractivity contribution in [1.29, 1.82) is 0 Å². The predicted molar refractivity (Wildman–Crippen MR) is 130 cm³/mol. The zero-order valence-corrected chi connectivity index (χ0v) is 21.1. The van der Waals surface area contributed by atoms with Gasteiger partial charge in [0, 0.05) is 58.0 Å². The van der Waals surface area contributed by atoms with Crippen LogP contribution in [0.3, 0.4) is 0 Å². The van der Waals surface area contributed by atoms with Crippen molar-refractivity contribution >= 4 is 47.0 Å². The summed E-state index contributed by atoms with van der Waals surface area (Å²) in [5, 5.41) is 13.2. The number of carboxylic acid groups (broad SMARTS) is 1. The number of piperidine rings is 2. The normalized spacial score (nSPS) is 25.3. The Bertz CT molecular complexity index is 1000. The minimum atomic E-state index is -1.06. The Hall–Kier alpha value is -2.52. The minimum absolute atomic E-state index is 0.00613. The average Bonchev–Trinajstić information content (AvgIpc) is 3.30. The Balaban J connectivity index is 1.40. The third-order valence-electron chi connectivity index (χ3n) is 7.54. The number of nitrogens with one attached hydrogen (secondary N) is 1. The first kappa shape index (κ1) is 25.6. The molecule has 9 nitrogen and oxygen atoms in total. The molecule has 2 N–H and O–H groups in total. The number of amides is 4. The van der Waals surface area contributed by atoms with Crippen LogP contribution in [0.1, 0.15) is 37.2 Å². The first-order valence-electron chi connectivity index (χ1n) is 11.9. The smallest absolute Gasteiger partial charge is 0.407 e. The molecule has 3 aliphatic heterocycles. The molecule has 1 unspecified atom stereocenters. The van der Waals surface area contributed by atoms with Crippen LogP contribution in [0, 0.1) is 11.8 Å². The lowest BCUT2D eigenvalue weighted by atomic mass is 9.92. The van der Waals surface area contributed by atoms with E-state index >= 15 is 0 Å². The summed E-state index contributed by atoms with van der Waals surface area (Å²) in [5.74, 6) is -0.618. The van der Waals surface area contributed by atoms with Gasteiger partial charge < -0.3 is 25.1 Å². The molecule has 3 atom stereocenters. The van der Waals surface area contributed by atoms with Crippen LogP contribution in [0.2, 0.25) is 10.0 Å². The molecule has 0 spiro atoms. The topological polar surface area (TPSA) is 110 Å².